The molecule has 0 aliphatic carbocycles. The van der Waals surface area contributed by atoms with Crippen molar-refractivity contribution in [3.8, 4) is 0 Å². The van der Waals surface area contributed by atoms with Crippen molar-refractivity contribution in [1.82, 2.24) is 19.7 Å². The molecule has 0 unspecified atom stereocenters. The summed E-state index contributed by atoms with van der Waals surface area (Å²) in [5, 5.41) is 2.97. The quantitative estimate of drug-likeness (QED) is 0.539. The first-order chi connectivity index (χ1) is 13.7. The zero-order valence-electron chi connectivity index (χ0n) is 19.2. The molecule has 0 aliphatic heterocycles. The molecule has 0 atom stereocenters. The minimum atomic E-state index is -0.358. The van der Waals surface area contributed by atoms with Crippen LogP contribution in [-0.4, -0.2) is 64.7 Å². The summed E-state index contributed by atoms with van der Waals surface area (Å²) in [4.78, 5) is 29.4. The van der Waals surface area contributed by atoms with Gasteiger partial charge in [-0.1, -0.05) is 13.3 Å². The van der Waals surface area contributed by atoms with Gasteiger partial charge >= 0.3 is 6.03 Å². The first kappa shape index (κ1) is 25.0. The van der Waals surface area contributed by atoms with Crippen LogP contribution < -0.4 is 5.32 Å². The second kappa shape index (κ2) is 12.5. The molecule has 0 spiro atoms. The number of hydrogen-bond acceptors (Lipinski definition) is 3. The van der Waals surface area contributed by atoms with Crippen LogP contribution in [0.25, 0.3) is 0 Å². The number of rotatable bonds is 12. The van der Waals surface area contributed by atoms with Crippen LogP contribution in [0.15, 0.2) is 18.3 Å². The van der Waals surface area contributed by atoms with Gasteiger partial charge in [-0.3, -0.25) is 4.79 Å². The minimum Gasteiger partial charge on any atom is -0.382 e. The van der Waals surface area contributed by atoms with Crippen LogP contribution in [0.5, 0.6) is 0 Å². The Bertz CT molecular complexity index is 622. The van der Waals surface area contributed by atoms with Crippen molar-refractivity contribution in [2.24, 2.45) is 7.05 Å². The highest BCUT2D eigenvalue weighted by atomic mass is 16.5. The second-order valence-electron chi connectivity index (χ2n) is 8.43. The molecule has 0 aromatic carbocycles. The predicted molar refractivity (Wildman–Crippen MR) is 117 cm³/mol. The first-order valence-corrected chi connectivity index (χ1v) is 10.7. The molecule has 7 nitrogen and oxygen atoms in total. The normalized spacial score (nSPS) is 11.4. The van der Waals surface area contributed by atoms with Crippen LogP contribution in [0.1, 0.15) is 59.6 Å². The van der Waals surface area contributed by atoms with Crippen LogP contribution >= 0.6 is 0 Å². The van der Waals surface area contributed by atoms with E-state index in [1.807, 2.05) is 62.5 Å². The molecule has 7 heteroatoms. The number of ether oxygens (including phenoxy) is 1. The van der Waals surface area contributed by atoms with Crippen LogP contribution in [0.3, 0.4) is 0 Å². The summed E-state index contributed by atoms with van der Waals surface area (Å²) in [6, 6.07) is 3.80. The van der Waals surface area contributed by atoms with Gasteiger partial charge in [0.1, 0.15) is 6.54 Å². The number of nitrogens with one attached hydrogen (secondary N) is 1. The van der Waals surface area contributed by atoms with E-state index in [0.717, 1.165) is 18.5 Å². The maximum atomic E-state index is 13.1. The Morgan fingerprint density at radius 1 is 1.14 bits per heavy atom. The number of aromatic nitrogens is 1. The van der Waals surface area contributed by atoms with Gasteiger partial charge in [0.25, 0.3) is 0 Å². The number of nitrogens with zero attached hydrogens (tertiary/aromatic N) is 3. The molecular formula is C22H40N4O3. The summed E-state index contributed by atoms with van der Waals surface area (Å²) < 4.78 is 7.42. The average Bonchev–Trinajstić information content (AvgIpc) is 3.04. The zero-order valence-corrected chi connectivity index (χ0v) is 19.2. The van der Waals surface area contributed by atoms with E-state index >= 15 is 0 Å². The predicted octanol–water partition coefficient (Wildman–Crippen LogP) is 3.39. The van der Waals surface area contributed by atoms with Crippen molar-refractivity contribution in [2.75, 3.05) is 32.8 Å². The number of unbranched alkanes of at least 4 members (excludes halogenated alkanes) is 1. The lowest BCUT2D eigenvalue weighted by Gasteiger charge is -2.30. The van der Waals surface area contributed by atoms with E-state index in [2.05, 4.69) is 12.2 Å². The molecule has 1 heterocycles. The fraction of sp³-hybridized carbons (Fsp3) is 0.727. The highest BCUT2D eigenvalue weighted by molar-refractivity contribution is 5.84. The Balaban J connectivity index is 2.84. The fourth-order valence-electron chi connectivity index (χ4n) is 2.91. The van der Waals surface area contributed by atoms with Gasteiger partial charge in [0, 0.05) is 50.8 Å². The Morgan fingerprint density at radius 2 is 1.83 bits per heavy atom. The maximum absolute atomic E-state index is 13.1. The number of carbonyl (C=O) groups is 2. The third-order valence-electron chi connectivity index (χ3n) is 4.55. The Kier molecular flexibility index (Phi) is 10.8. The highest BCUT2D eigenvalue weighted by Gasteiger charge is 2.24. The molecule has 29 heavy (non-hydrogen) atoms. The average molecular weight is 409 g/mol. The number of urea groups is 1. The second-order valence-corrected chi connectivity index (χ2v) is 8.43. The summed E-state index contributed by atoms with van der Waals surface area (Å²) in [6.45, 7) is 12.9. The fourth-order valence-corrected chi connectivity index (χ4v) is 2.91. The third kappa shape index (κ3) is 9.83. The summed E-state index contributed by atoms with van der Waals surface area (Å²) in [5.74, 6) is -0.0277. The lowest BCUT2D eigenvalue weighted by molar-refractivity contribution is -0.132. The van der Waals surface area contributed by atoms with E-state index in [1.165, 1.54) is 0 Å². The molecular weight excluding hydrogens is 368 g/mol. The van der Waals surface area contributed by atoms with Gasteiger partial charge in [-0.2, -0.15) is 0 Å². The van der Waals surface area contributed by atoms with Gasteiger partial charge in [0.2, 0.25) is 5.91 Å². The lowest BCUT2D eigenvalue weighted by Crippen LogP contribution is -2.52. The van der Waals surface area contributed by atoms with Gasteiger partial charge in [-0.05, 0) is 52.7 Å². The molecule has 0 saturated heterocycles. The summed E-state index contributed by atoms with van der Waals surface area (Å²) in [6.07, 6.45) is 4.63. The van der Waals surface area contributed by atoms with Crippen LogP contribution in [-0.2, 0) is 23.1 Å². The molecule has 0 saturated carbocycles. The van der Waals surface area contributed by atoms with Gasteiger partial charge in [-0.25, -0.2) is 4.79 Å². The Morgan fingerprint density at radius 3 is 2.38 bits per heavy atom. The van der Waals surface area contributed by atoms with E-state index in [1.54, 1.807) is 4.90 Å². The molecule has 166 valence electrons. The zero-order chi connectivity index (χ0) is 21.9. The molecule has 0 fully saturated rings. The largest absolute Gasteiger partial charge is 0.382 e. The number of amides is 3. The van der Waals surface area contributed by atoms with Crippen LogP contribution in [0.4, 0.5) is 4.79 Å². The lowest BCUT2D eigenvalue weighted by atomic mass is 10.1. The van der Waals surface area contributed by atoms with Crippen molar-refractivity contribution in [3.63, 3.8) is 0 Å². The first-order valence-electron chi connectivity index (χ1n) is 10.7. The topological polar surface area (TPSA) is 66.8 Å². The van der Waals surface area contributed by atoms with Crippen molar-refractivity contribution < 1.29 is 14.3 Å². The molecule has 1 aromatic rings. The third-order valence-corrected chi connectivity index (χ3v) is 4.55. The minimum absolute atomic E-state index is 0.0277. The number of carbonyl (C=O) groups excluding carboxylic acids is 2. The summed E-state index contributed by atoms with van der Waals surface area (Å²) in [7, 11) is 1.98. The molecule has 1 N–H and O–H groups in total. The van der Waals surface area contributed by atoms with Crippen molar-refractivity contribution >= 4 is 11.9 Å². The van der Waals surface area contributed by atoms with Crippen LogP contribution in [0, 0.1) is 0 Å². The van der Waals surface area contributed by atoms with Crippen molar-refractivity contribution in [1.29, 1.82) is 0 Å². The van der Waals surface area contributed by atoms with E-state index in [0.29, 0.717) is 39.3 Å². The van der Waals surface area contributed by atoms with Crippen molar-refractivity contribution in [2.45, 2.75) is 66.0 Å². The van der Waals surface area contributed by atoms with E-state index < -0.39 is 0 Å². The van der Waals surface area contributed by atoms with Crippen molar-refractivity contribution in [3.05, 3.63) is 24.0 Å². The molecule has 1 aromatic heterocycles. The van der Waals surface area contributed by atoms with E-state index in [-0.39, 0.29) is 24.0 Å². The molecule has 0 aliphatic rings. The standard InChI is InChI=1S/C22H40N4O3/c1-7-9-14-25(17-19-12-10-13-24(19)6)20(27)18-26(15-11-16-29-8-2)21(28)23-22(3,4)5/h10,12-13H,7-9,11,14-18H2,1-6H3,(H,23,28). The molecule has 1 rings (SSSR count). The molecule has 0 bridgehead atoms. The molecule has 0 radical (unpaired) electrons. The smallest absolute Gasteiger partial charge is 0.318 e. The maximum Gasteiger partial charge on any atom is 0.318 e. The highest BCUT2D eigenvalue weighted by Crippen LogP contribution is 2.09. The van der Waals surface area contributed by atoms with Gasteiger partial charge in [-0.15, -0.1) is 0 Å². The Hall–Kier alpha value is -2.02. The monoisotopic (exact) mass is 408 g/mol. The molecule has 3 amide bonds. The van der Waals surface area contributed by atoms with E-state index in [4.69, 9.17) is 4.74 Å². The van der Waals surface area contributed by atoms with E-state index in [9.17, 15) is 9.59 Å². The van der Waals surface area contributed by atoms with Crippen LogP contribution in [0.2, 0.25) is 0 Å². The summed E-state index contributed by atoms with van der Waals surface area (Å²) in [5.41, 5.74) is 0.722. The van der Waals surface area contributed by atoms with Gasteiger partial charge in [0.05, 0.1) is 6.54 Å². The number of hydrogen-bond donors (Lipinski definition) is 1. The summed E-state index contributed by atoms with van der Waals surface area (Å²) >= 11 is 0. The number of aryl methyl sites for hydroxylation is 1. The Labute approximate surface area is 176 Å². The van der Waals surface area contributed by atoms with Gasteiger partial charge in [0.15, 0.2) is 0 Å². The van der Waals surface area contributed by atoms with Gasteiger partial charge < -0.3 is 24.4 Å². The SMILES string of the molecule is CCCCN(Cc1cccn1C)C(=O)CN(CCCOCC)C(=O)NC(C)(C)C.